The van der Waals surface area contributed by atoms with E-state index >= 15 is 0 Å². The number of aliphatic hydroxyl groups is 1. The first-order valence-electron chi connectivity index (χ1n) is 3.85. The van der Waals surface area contributed by atoms with Crippen LogP contribution in [0.1, 0.15) is 6.92 Å². The number of aliphatic hydroxyl groups excluding tert-OH is 1. The highest BCUT2D eigenvalue weighted by Gasteiger charge is 2.04. The summed E-state index contributed by atoms with van der Waals surface area (Å²) in [4.78, 5) is 0. The summed E-state index contributed by atoms with van der Waals surface area (Å²) in [5.74, 6) is -0.279. The maximum Gasteiger partial charge on any atom is 0.166 e. The average molecular weight is 249 g/mol. The van der Waals surface area contributed by atoms with Crippen LogP contribution in [0.15, 0.2) is 22.7 Å². The molecule has 2 nitrogen and oxygen atoms in total. The van der Waals surface area contributed by atoms with Crippen LogP contribution in [0.2, 0.25) is 0 Å². The van der Waals surface area contributed by atoms with E-state index in [1.165, 1.54) is 12.1 Å². The normalized spacial score (nSPS) is 12.6. The lowest BCUT2D eigenvalue weighted by Gasteiger charge is -2.08. The predicted octanol–water partition coefficient (Wildman–Crippen LogP) is 2.35. The van der Waals surface area contributed by atoms with Gasteiger partial charge in [0.15, 0.2) is 11.6 Å². The Balaban J connectivity index is 2.67. The lowest BCUT2D eigenvalue weighted by molar-refractivity contribution is 0.120. The molecule has 0 spiro atoms. The van der Waals surface area contributed by atoms with Gasteiger partial charge in [-0.15, -0.1) is 0 Å². The third-order valence-corrected chi connectivity index (χ3v) is 1.87. The van der Waals surface area contributed by atoms with E-state index in [9.17, 15) is 4.39 Å². The fourth-order valence-electron chi connectivity index (χ4n) is 0.803. The van der Waals surface area contributed by atoms with Crippen molar-refractivity contribution in [2.24, 2.45) is 0 Å². The van der Waals surface area contributed by atoms with E-state index in [0.717, 1.165) is 0 Å². The summed E-state index contributed by atoms with van der Waals surface area (Å²) in [7, 11) is 0. The smallest absolute Gasteiger partial charge is 0.166 e. The van der Waals surface area contributed by atoms with Crippen molar-refractivity contribution in [2.75, 3.05) is 6.61 Å². The lowest BCUT2D eigenvalue weighted by atomic mass is 10.3. The highest BCUT2D eigenvalue weighted by atomic mass is 79.9. The Morgan fingerprint density at radius 3 is 2.85 bits per heavy atom. The molecule has 0 saturated carbocycles. The van der Waals surface area contributed by atoms with Crippen LogP contribution in [0.3, 0.4) is 0 Å². The number of ether oxygens (including phenoxy) is 1. The van der Waals surface area contributed by atoms with E-state index in [2.05, 4.69) is 15.9 Å². The van der Waals surface area contributed by atoms with E-state index < -0.39 is 11.9 Å². The van der Waals surface area contributed by atoms with Crippen molar-refractivity contribution >= 4 is 15.9 Å². The highest BCUT2D eigenvalue weighted by Crippen LogP contribution is 2.21. The second-order valence-corrected chi connectivity index (χ2v) is 3.65. The molecular weight excluding hydrogens is 239 g/mol. The summed E-state index contributed by atoms with van der Waals surface area (Å²) in [6.45, 7) is 1.68. The Hall–Kier alpha value is -0.610. The molecule has 0 saturated heterocycles. The van der Waals surface area contributed by atoms with E-state index in [1.807, 2.05) is 0 Å². The van der Waals surface area contributed by atoms with E-state index in [0.29, 0.717) is 4.47 Å². The Labute approximate surface area is 84.5 Å². The van der Waals surface area contributed by atoms with Crippen LogP contribution >= 0.6 is 15.9 Å². The number of benzene rings is 1. The molecule has 1 atom stereocenters. The zero-order chi connectivity index (χ0) is 9.84. The second-order valence-electron chi connectivity index (χ2n) is 2.73. The van der Waals surface area contributed by atoms with Crippen LogP contribution in [0.25, 0.3) is 0 Å². The second kappa shape index (κ2) is 4.58. The van der Waals surface area contributed by atoms with Crippen molar-refractivity contribution in [3.05, 3.63) is 28.5 Å². The molecular formula is C9H10BrFO2. The minimum atomic E-state index is -0.594. The fourth-order valence-corrected chi connectivity index (χ4v) is 1.14. The molecule has 1 aromatic rings. The molecule has 0 aliphatic rings. The van der Waals surface area contributed by atoms with Crippen LogP contribution in [0.5, 0.6) is 5.75 Å². The standard InChI is InChI=1S/C9H10BrFO2/c1-6(12)5-13-9-3-2-7(10)4-8(9)11/h2-4,6,12H,5H2,1H3. The van der Waals surface area contributed by atoms with Gasteiger partial charge in [0.1, 0.15) is 6.61 Å². The monoisotopic (exact) mass is 248 g/mol. The molecule has 0 fully saturated rings. The van der Waals surface area contributed by atoms with E-state index in [-0.39, 0.29) is 12.4 Å². The van der Waals surface area contributed by atoms with Crippen LogP contribution in [0, 0.1) is 5.82 Å². The van der Waals surface area contributed by atoms with Gasteiger partial charge in [0, 0.05) is 4.47 Å². The van der Waals surface area contributed by atoms with Gasteiger partial charge in [0.25, 0.3) is 0 Å². The van der Waals surface area contributed by atoms with Crippen LogP contribution < -0.4 is 4.74 Å². The largest absolute Gasteiger partial charge is 0.488 e. The molecule has 4 heteroatoms. The minimum absolute atomic E-state index is 0.0958. The molecule has 0 aliphatic carbocycles. The van der Waals surface area contributed by atoms with Gasteiger partial charge >= 0.3 is 0 Å². The molecule has 0 bridgehead atoms. The first-order valence-corrected chi connectivity index (χ1v) is 4.65. The number of halogens is 2. The molecule has 72 valence electrons. The number of hydrogen-bond donors (Lipinski definition) is 1. The van der Waals surface area contributed by atoms with Crippen LogP contribution in [-0.2, 0) is 0 Å². The van der Waals surface area contributed by atoms with Crippen molar-refractivity contribution in [3.8, 4) is 5.75 Å². The summed E-state index contributed by atoms with van der Waals surface area (Å²) in [6, 6.07) is 4.51. The molecule has 0 amide bonds. The Bertz CT molecular complexity index is 289. The third kappa shape index (κ3) is 3.32. The zero-order valence-corrected chi connectivity index (χ0v) is 8.71. The van der Waals surface area contributed by atoms with Crippen molar-refractivity contribution in [2.45, 2.75) is 13.0 Å². The zero-order valence-electron chi connectivity index (χ0n) is 7.13. The first-order chi connectivity index (χ1) is 6.09. The molecule has 13 heavy (non-hydrogen) atoms. The van der Waals surface area contributed by atoms with Gasteiger partial charge in [-0.3, -0.25) is 0 Å². The summed E-state index contributed by atoms with van der Waals surface area (Å²) < 4.78 is 18.7. The van der Waals surface area contributed by atoms with E-state index in [1.54, 1.807) is 13.0 Å². The molecule has 1 aromatic carbocycles. The van der Waals surface area contributed by atoms with Crippen molar-refractivity contribution in [1.82, 2.24) is 0 Å². The summed E-state index contributed by atoms with van der Waals surface area (Å²) in [6.07, 6.45) is -0.594. The highest BCUT2D eigenvalue weighted by molar-refractivity contribution is 9.10. The number of hydrogen-bond acceptors (Lipinski definition) is 2. The molecule has 0 aromatic heterocycles. The van der Waals surface area contributed by atoms with E-state index in [4.69, 9.17) is 9.84 Å². The predicted molar refractivity (Wildman–Crippen MR) is 51.3 cm³/mol. The van der Waals surface area contributed by atoms with Crippen LogP contribution in [0.4, 0.5) is 4.39 Å². The Morgan fingerprint density at radius 2 is 2.31 bits per heavy atom. The Kier molecular flexibility index (Phi) is 3.69. The van der Waals surface area contributed by atoms with Gasteiger partial charge in [-0.2, -0.15) is 0 Å². The van der Waals surface area contributed by atoms with Crippen molar-refractivity contribution < 1.29 is 14.2 Å². The summed E-state index contributed by atoms with van der Waals surface area (Å²) >= 11 is 3.13. The quantitative estimate of drug-likeness (QED) is 0.890. The van der Waals surface area contributed by atoms with Gasteiger partial charge < -0.3 is 9.84 Å². The minimum Gasteiger partial charge on any atom is -0.488 e. The first kappa shape index (κ1) is 10.5. The summed E-state index contributed by atoms with van der Waals surface area (Å²) in [5.41, 5.74) is 0. The molecule has 1 unspecified atom stereocenters. The third-order valence-electron chi connectivity index (χ3n) is 1.37. The fraction of sp³-hybridized carbons (Fsp3) is 0.333. The van der Waals surface area contributed by atoms with Gasteiger partial charge in [0.05, 0.1) is 6.10 Å². The molecule has 0 heterocycles. The summed E-state index contributed by atoms with van der Waals surface area (Å²) in [5, 5.41) is 8.90. The molecule has 1 rings (SSSR count). The van der Waals surface area contributed by atoms with Gasteiger partial charge in [0.2, 0.25) is 0 Å². The maximum absolute atomic E-state index is 13.1. The molecule has 0 radical (unpaired) electrons. The molecule has 0 aliphatic heterocycles. The van der Waals surface area contributed by atoms with Gasteiger partial charge in [-0.05, 0) is 25.1 Å². The maximum atomic E-state index is 13.1. The van der Waals surface area contributed by atoms with Gasteiger partial charge in [-0.25, -0.2) is 4.39 Å². The van der Waals surface area contributed by atoms with Crippen LogP contribution in [-0.4, -0.2) is 17.8 Å². The SMILES string of the molecule is CC(O)COc1ccc(Br)cc1F. The topological polar surface area (TPSA) is 29.5 Å². The lowest BCUT2D eigenvalue weighted by Crippen LogP contribution is -2.13. The Morgan fingerprint density at radius 1 is 1.62 bits per heavy atom. The average Bonchev–Trinajstić information content (AvgIpc) is 2.02. The number of rotatable bonds is 3. The van der Waals surface area contributed by atoms with Crippen molar-refractivity contribution in [1.29, 1.82) is 0 Å². The van der Waals surface area contributed by atoms with Crippen molar-refractivity contribution in [3.63, 3.8) is 0 Å². The van der Waals surface area contributed by atoms with Gasteiger partial charge in [-0.1, -0.05) is 15.9 Å². The molecule has 1 N–H and O–H groups in total.